The molecule has 0 spiro atoms. The quantitative estimate of drug-likeness (QED) is 0.400. The Kier molecular flexibility index (Phi) is 7.65. The van der Waals surface area contributed by atoms with Gasteiger partial charge in [-0.2, -0.15) is 0 Å². The number of carboxylic acid groups (broad SMARTS) is 1. The lowest BCUT2D eigenvalue weighted by atomic mass is 9.90. The van der Waals surface area contributed by atoms with Crippen LogP contribution in [0.1, 0.15) is 30.6 Å². The van der Waals surface area contributed by atoms with Gasteiger partial charge in [-0.3, -0.25) is 0 Å². The molecule has 5 rings (SSSR count). The predicted octanol–water partition coefficient (Wildman–Crippen LogP) is 0.910. The molecule has 204 valence electrons. The lowest BCUT2D eigenvalue weighted by Gasteiger charge is -2.43. The summed E-state index contributed by atoms with van der Waals surface area (Å²) < 4.78 is 28.7. The molecule has 38 heavy (non-hydrogen) atoms. The molecule has 14 heteroatoms. The summed E-state index contributed by atoms with van der Waals surface area (Å²) in [5, 5.41) is 47.0. The molecule has 0 saturated carbocycles. The molecule has 2 aromatic heterocycles. The lowest BCUT2D eigenvalue weighted by Crippen LogP contribution is -2.57. The summed E-state index contributed by atoms with van der Waals surface area (Å²) in [7, 11) is 1.50. The van der Waals surface area contributed by atoms with Gasteiger partial charge in [0.25, 0.3) is 0 Å². The molecule has 4 heterocycles. The average Bonchev–Trinajstić information content (AvgIpc) is 3.59. The van der Waals surface area contributed by atoms with Gasteiger partial charge in [0.05, 0.1) is 30.6 Å². The van der Waals surface area contributed by atoms with Crippen LogP contribution in [0, 0.1) is 5.82 Å². The Balaban J connectivity index is 1.34. The molecule has 0 radical (unpaired) electrons. The topological polar surface area (TPSA) is 161 Å². The van der Waals surface area contributed by atoms with Crippen molar-refractivity contribution in [3.8, 4) is 11.3 Å². The molecule has 3 aromatic rings. The third-order valence-electron chi connectivity index (χ3n) is 7.25. The van der Waals surface area contributed by atoms with E-state index in [1.807, 2.05) is 6.20 Å². The smallest absolute Gasteiger partial charge is 0.407 e. The lowest BCUT2D eigenvalue weighted by molar-refractivity contribution is -0.212. The second-order valence-corrected chi connectivity index (χ2v) is 9.57. The Bertz CT molecular complexity index is 1250. The zero-order valence-corrected chi connectivity index (χ0v) is 20.7. The molecule has 0 unspecified atom stereocenters. The number of aliphatic hydroxyl groups is 2. The van der Waals surface area contributed by atoms with Crippen molar-refractivity contribution in [1.82, 2.24) is 34.9 Å². The Morgan fingerprint density at radius 1 is 1.16 bits per heavy atom. The number of hydrogen-bond acceptors (Lipinski definition) is 9. The number of piperidine rings is 1. The predicted molar refractivity (Wildman–Crippen MR) is 129 cm³/mol. The number of amides is 1. The number of hydrogen-bond donors (Lipinski definition) is 3. The summed E-state index contributed by atoms with van der Waals surface area (Å²) >= 11 is 0. The van der Waals surface area contributed by atoms with E-state index >= 15 is 0 Å². The largest absolute Gasteiger partial charge is 0.465 e. The van der Waals surface area contributed by atoms with Crippen LogP contribution in [0.25, 0.3) is 11.3 Å². The first-order valence-electron chi connectivity index (χ1n) is 12.4. The van der Waals surface area contributed by atoms with E-state index in [0.29, 0.717) is 42.9 Å². The average molecular weight is 532 g/mol. The highest BCUT2D eigenvalue weighted by molar-refractivity contribution is 5.65. The van der Waals surface area contributed by atoms with Crippen molar-refractivity contribution in [2.75, 3.05) is 26.8 Å². The van der Waals surface area contributed by atoms with Gasteiger partial charge in [0.15, 0.2) is 0 Å². The van der Waals surface area contributed by atoms with E-state index in [0.717, 1.165) is 0 Å². The highest BCUT2D eigenvalue weighted by atomic mass is 19.1. The summed E-state index contributed by atoms with van der Waals surface area (Å²) in [5.41, 5.74) is 1.59. The third-order valence-corrected chi connectivity index (χ3v) is 7.25. The number of carbonyl (C=O) groups is 1. The van der Waals surface area contributed by atoms with Crippen molar-refractivity contribution < 1.29 is 34.0 Å². The molecular weight excluding hydrogens is 501 g/mol. The Hall–Kier alpha value is -3.46. The van der Waals surface area contributed by atoms with Crippen molar-refractivity contribution in [3.05, 3.63) is 48.2 Å². The van der Waals surface area contributed by atoms with Gasteiger partial charge in [-0.15, -0.1) is 10.2 Å². The molecule has 2 aliphatic rings. The summed E-state index contributed by atoms with van der Waals surface area (Å²) in [6, 6.07) is 5.25. The molecule has 1 amide bonds. The molecule has 2 saturated heterocycles. The van der Waals surface area contributed by atoms with Crippen molar-refractivity contribution in [1.29, 1.82) is 0 Å². The van der Waals surface area contributed by atoms with Crippen LogP contribution < -0.4 is 0 Å². The number of likely N-dealkylation sites (tertiary alicyclic amines) is 1. The summed E-state index contributed by atoms with van der Waals surface area (Å²) in [4.78, 5) is 12.6. The van der Waals surface area contributed by atoms with Gasteiger partial charge in [-0.1, -0.05) is 22.6 Å². The molecule has 2 aliphatic heterocycles. The minimum atomic E-state index is -1.15. The van der Waals surface area contributed by atoms with E-state index in [2.05, 4.69) is 20.6 Å². The summed E-state index contributed by atoms with van der Waals surface area (Å²) in [6.07, 6.45) is 0.698. The number of halogens is 1. The monoisotopic (exact) mass is 531 g/mol. The minimum Gasteiger partial charge on any atom is -0.465 e. The third kappa shape index (κ3) is 5.25. The fourth-order valence-corrected chi connectivity index (χ4v) is 5.25. The van der Waals surface area contributed by atoms with E-state index in [1.54, 1.807) is 23.0 Å². The number of benzene rings is 1. The molecule has 3 N–H and O–H groups in total. The Morgan fingerprint density at radius 3 is 2.61 bits per heavy atom. The second-order valence-electron chi connectivity index (χ2n) is 9.57. The summed E-state index contributed by atoms with van der Waals surface area (Å²) in [5.74, 6) is -0.404. The van der Waals surface area contributed by atoms with E-state index in [9.17, 15) is 19.4 Å². The van der Waals surface area contributed by atoms with Gasteiger partial charge in [0.2, 0.25) is 0 Å². The number of ether oxygens (including phenoxy) is 2. The molecule has 5 atom stereocenters. The van der Waals surface area contributed by atoms with E-state index in [-0.39, 0.29) is 12.5 Å². The molecule has 1 aromatic carbocycles. The fraction of sp³-hybridized carbons (Fsp3) is 0.542. The number of aliphatic hydroxyl groups excluding tert-OH is 2. The number of nitrogens with zero attached hydrogens (tertiary/aromatic N) is 7. The van der Waals surface area contributed by atoms with Gasteiger partial charge in [-0.05, 0) is 25.0 Å². The van der Waals surface area contributed by atoms with Gasteiger partial charge in [0, 0.05) is 38.4 Å². The first-order chi connectivity index (χ1) is 18.4. The molecule has 0 bridgehead atoms. The van der Waals surface area contributed by atoms with Gasteiger partial charge in [0.1, 0.15) is 35.9 Å². The maximum absolute atomic E-state index is 13.7. The van der Waals surface area contributed by atoms with Crippen LogP contribution in [0.15, 0.2) is 36.7 Å². The zero-order chi connectivity index (χ0) is 26.8. The normalized spacial score (nSPS) is 26.5. The molecular formula is C24H30FN7O6. The van der Waals surface area contributed by atoms with Crippen molar-refractivity contribution in [2.24, 2.45) is 0 Å². The molecule has 13 nitrogen and oxygen atoms in total. The number of rotatable bonds is 7. The highest BCUT2D eigenvalue weighted by Gasteiger charge is 2.47. The highest BCUT2D eigenvalue weighted by Crippen LogP contribution is 2.34. The number of methoxy groups -OCH3 is 1. The fourth-order valence-electron chi connectivity index (χ4n) is 5.25. The van der Waals surface area contributed by atoms with E-state index in [4.69, 9.17) is 14.6 Å². The first-order valence-corrected chi connectivity index (χ1v) is 12.4. The standard InChI is InChI=1S/C24H30FN7O6/c1-37-23-19(10-16-11-31(28-26-16)17-5-7-30(8-6-17)24(35)36)38-20(13-33)22(34)21(23)32-12-18(27-29-32)14-3-2-4-15(25)9-14/h2-4,9,11-12,17,19-23,33-34H,5-8,10,13H2,1H3,(H,35,36)/t19-,20-,21+,22+,23+/m1/s1. The van der Waals surface area contributed by atoms with Crippen LogP contribution in [0.3, 0.4) is 0 Å². The molecule has 2 fully saturated rings. The van der Waals surface area contributed by atoms with Crippen LogP contribution in [0.5, 0.6) is 0 Å². The molecule has 0 aliphatic carbocycles. The van der Waals surface area contributed by atoms with Crippen molar-refractivity contribution in [3.63, 3.8) is 0 Å². The van der Waals surface area contributed by atoms with Crippen LogP contribution in [0.2, 0.25) is 0 Å². The van der Waals surface area contributed by atoms with Crippen LogP contribution in [-0.4, -0.2) is 108 Å². The zero-order valence-electron chi connectivity index (χ0n) is 20.7. The maximum Gasteiger partial charge on any atom is 0.407 e. The minimum absolute atomic E-state index is 0.0356. The number of aromatic nitrogens is 6. The van der Waals surface area contributed by atoms with Crippen molar-refractivity contribution in [2.45, 2.75) is 55.8 Å². The van der Waals surface area contributed by atoms with Crippen LogP contribution >= 0.6 is 0 Å². The summed E-state index contributed by atoms with van der Waals surface area (Å²) in [6.45, 7) is 0.435. The van der Waals surface area contributed by atoms with Gasteiger partial charge < -0.3 is 29.7 Å². The second kappa shape index (κ2) is 11.1. The Morgan fingerprint density at radius 2 is 1.92 bits per heavy atom. The van der Waals surface area contributed by atoms with E-state index in [1.165, 1.54) is 28.8 Å². The Labute approximate surface area is 217 Å². The van der Waals surface area contributed by atoms with Crippen LogP contribution in [-0.2, 0) is 15.9 Å². The van der Waals surface area contributed by atoms with Gasteiger partial charge in [-0.25, -0.2) is 18.5 Å². The SMILES string of the molecule is CO[C@@H]1[C@@H](n2cc(-c3cccc(F)c3)nn2)[C@@H](O)[C@@H](CO)O[C@@H]1Cc1cn(C2CCN(C(=O)O)CC2)nn1. The van der Waals surface area contributed by atoms with Gasteiger partial charge >= 0.3 is 6.09 Å². The first kappa shape index (κ1) is 26.2. The maximum atomic E-state index is 13.7. The van der Waals surface area contributed by atoms with Crippen LogP contribution in [0.4, 0.5) is 9.18 Å². The van der Waals surface area contributed by atoms with E-state index < -0.39 is 49.0 Å². The van der Waals surface area contributed by atoms with Crippen molar-refractivity contribution >= 4 is 6.09 Å².